The van der Waals surface area contributed by atoms with Gasteiger partial charge in [-0.2, -0.15) is 0 Å². The number of nitrogens with one attached hydrogen (secondary N) is 1. The van der Waals surface area contributed by atoms with Gasteiger partial charge in [-0.3, -0.25) is 4.79 Å². The summed E-state index contributed by atoms with van der Waals surface area (Å²) >= 11 is 0. The Morgan fingerprint density at radius 1 is 1.22 bits per heavy atom. The summed E-state index contributed by atoms with van der Waals surface area (Å²) in [7, 11) is 0. The third-order valence-corrected chi connectivity index (χ3v) is 3.87. The first-order valence-corrected chi connectivity index (χ1v) is 8.46. The number of rotatable bonds is 4. The Bertz CT molecular complexity index is 453. The number of benzene rings is 1. The summed E-state index contributed by atoms with van der Waals surface area (Å²) in [5.41, 5.74) is 0.914. The Balaban J connectivity index is 0.000000322. The second-order valence-corrected chi connectivity index (χ2v) is 7.06. The van der Waals surface area contributed by atoms with Crippen LogP contribution in [0.5, 0.6) is 0 Å². The van der Waals surface area contributed by atoms with Crippen LogP contribution in [0, 0.1) is 5.82 Å². The first kappa shape index (κ1) is 19.6. The van der Waals surface area contributed by atoms with E-state index in [4.69, 9.17) is 0 Å². The van der Waals surface area contributed by atoms with Crippen LogP contribution in [0.2, 0.25) is 0 Å². The molecule has 0 spiro atoms. The summed E-state index contributed by atoms with van der Waals surface area (Å²) in [5.74, 6) is -0.146. The van der Waals surface area contributed by atoms with Gasteiger partial charge in [0.15, 0.2) is 0 Å². The Morgan fingerprint density at radius 2 is 1.83 bits per heavy atom. The maximum absolute atomic E-state index is 12.8. The van der Waals surface area contributed by atoms with E-state index >= 15 is 0 Å². The van der Waals surface area contributed by atoms with E-state index in [1.165, 1.54) is 31.2 Å². The first-order valence-electron chi connectivity index (χ1n) is 8.46. The van der Waals surface area contributed by atoms with Gasteiger partial charge >= 0.3 is 0 Å². The van der Waals surface area contributed by atoms with Crippen molar-refractivity contribution in [2.75, 3.05) is 0 Å². The maximum atomic E-state index is 12.8. The van der Waals surface area contributed by atoms with Crippen LogP contribution >= 0.6 is 0 Å². The molecule has 0 amide bonds. The molecule has 23 heavy (non-hydrogen) atoms. The number of piperidine rings is 1. The first-order chi connectivity index (χ1) is 10.8. The molecule has 130 valence electrons. The molecule has 4 heteroatoms. The van der Waals surface area contributed by atoms with Crippen LogP contribution < -0.4 is 5.32 Å². The van der Waals surface area contributed by atoms with Gasteiger partial charge in [-0.25, -0.2) is 4.39 Å². The van der Waals surface area contributed by atoms with Crippen molar-refractivity contribution < 1.29 is 13.9 Å². The van der Waals surface area contributed by atoms with Gasteiger partial charge in [-0.15, -0.1) is 0 Å². The van der Waals surface area contributed by atoms with Crippen molar-refractivity contribution >= 4 is 6.47 Å². The van der Waals surface area contributed by atoms with E-state index in [1.807, 2.05) is 32.9 Å². The zero-order valence-electron chi connectivity index (χ0n) is 14.8. The number of carbonyl (C=O) groups excluding carboxylic acids is 1. The van der Waals surface area contributed by atoms with Crippen molar-refractivity contribution in [3.8, 4) is 0 Å². The minimum Gasteiger partial charge on any atom is -0.462 e. The molecular weight excluding hydrogens is 293 g/mol. The zero-order chi connectivity index (χ0) is 17.3. The predicted molar refractivity (Wildman–Crippen MR) is 91.9 cm³/mol. The number of hydrogen-bond acceptors (Lipinski definition) is 3. The Labute approximate surface area is 139 Å². The molecular formula is C19H30FNO2. The van der Waals surface area contributed by atoms with Crippen molar-refractivity contribution in [2.45, 2.75) is 77.5 Å². The van der Waals surface area contributed by atoms with Crippen LogP contribution in [0.25, 0.3) is 0 Å². The van der Waals surface area contributed by atoms with Crippen LogP contribution in [0.15, 0.2) is 24.3 Å². The van der Waals surface area contributed by atoms with E-state index in [0.717, 1.165) is 6.42 Å². The second kappa shape index (κ2) is 9.66. The number of carbonyl (C=O) groups is 1. The van der Waals surface area contributed by atoms with Crippen molar-refractivity contribution in [1.82, 2.24) is 5.32 Å². The lowest BCUT2D eigenvalue weighted by molar-refractivity contribution is -0.138. The number of hydrogen-bond donors (Lipinski definition) is 1. The maximum Gasteiger partial charge on any atom is 0.293 e. The smallest absolute Gasteiger partial charge is 0.293 e. The summed E-state index contributed by atoms with van der Waals surface area (Å²) in [5, 5.41) is 3.67. The summed E-state index contributed by atoms with van der Waals surface area (Å²) in [6, 6.07) is 8.15. The van der Waals surface area contributed by atoms with Crippen molar-refractivity contribution in [2.24, 2.45) is 0 Å². The lowest BCUT2D eigenvalue weighted by atomic mass is 9.93. The Hall–Kier alpha value is -1.42. The van der Waals surface area contributed by atoms with Gasteiger partial charge in [0.25, 0.3) is 6.47 Å². The number of ether oxygens (including phenoxy) is 1. The molecule has 1 fully saturated rings. The van der Waals surface area contributed by atoms with Crippen LogP contribution in [0.4, 0.5) is 4.39 Å². The van der Waals surface area contributed by atoms with Gasteiger partial charge in [0.1, 0.15) is 11.4 Å². The quantitative estimate of drug-likeness (QED) is 0.842. The molecule has 1 aliphatic heterocycles. The molecule has 1 aliphatic rings. The van der Waals surface area contributed by atoms with Crippen LogP contribution in [-0.4, -0.2) is 24.2 Å². The van der Waals surface area contributed by atoms with Gasteiger partial charge in [0.2, 0.25) is 0 Å². The molecule has 0 bridgehead atoms. The SMILES string of the molecule is CC(C)(C)OC=O.CCC1CCCC(Cc2ccc(F)cc2)N1. The summed E-state index contributed by atoms with van der Waals surface area (Å²) in [6.07, 6.45) is 6.10. The van der Waals surface area contributed by atoms with E-state index < -0.39 is 0 Å². The molecule has 1 N–H and O–H groups in total. The van der Waals surface area contributed by atoms with Gasteiger partial charge in [-0.05, 0) is 64.2 Å². The highest BCUT2D eigenvalue weighted by Crippen LogP contribution is 2.18. The highest BCUT2D eigenvalue weighted by molar-refractivity contribution is 5.37. The van der Waals surface area contributed by atoms with E-state index in [9.17, 15) is 9.18 Å². The molecule has 1 aromatic carbocycles. The third-order valence-electron chi connectivity index (χ3n) is 3.87. The average Bonchev–Trinajstić information content (AvgIpc) is 2.49. The lowest BCUT2D eigenvalue weighted by Gasteiger charge is -2.30. The minimum absolute atomic E-state index is 0.146. The molecule has 1 saturated heterocycles. The van der Waals surface area contributed by atoms with E-state index in [-0.39, 0.29) is 11.4 Å². The predicted octanol–water partition coefficient (Wildman–Crippen LogP) is 4.25. The Kier molecular flexibility index (Phi) is 8.24. The third kappa shape index (κ3) is 8.70. The van der Waals surface area contributed by atoms with Gasteiger partial charge < -0.3 is 10.1 Å². The van der Waals surface area contributed by atoms with Crippen molar-refractivity contribution in [3.05, 3.63) is 35.6 Å². The molecule has 1 aromatic rings. The van der Waals surface area contributed by atoms with Gasteiger partial charge in [0.05, 0.1) is 0 Å². The van der Waals surface area contributed by atoms with Crippen LogP contribution in [-0.2, 0) is 16.0 Å². The number of halogens is 1. The standard InChI is InChI=1S/C14H20FN.C5H10O2/c1-2-13-4-3-5-14(16-13)10-11-6-8-12(15)9-7-11;1-5(2,3)7-4-6/h6-9,13-14,16H,2-5,10H2,1H3;4H,1-3H3. The molecule has 2 atom stereocenters. The average molecular weight is 323 g/mol. The largest absolute Gasteiger partial charge is 0.462 e. The highest BCUT2D eigenvalue weighted by Gasteiger charge is 2.19. The highest BCUT2D eigenvalue weighted by atomic mass is 19.1. The molecule has 0 aromatic heterocycles. The fraction of sp³-hybridized carbons (Fsp3) is 0.632. The monoisotopic (exact) mass is 323 g/mol. The van der Waals surface area contributed by atoms with E-state index in [1.54, 1.807) is 12.1 Å². The molecule has 0 aliphatic carbocycles. The molecule has 2 rings (SSSR count). The fourth-order valence-corrected chi connectivity index (χ4v) is 2.64. The molecule has 1 heterocycles. The minimum atomic E-state index is -0.318. The fourth-order valence-electron chi connectivity index (χ4n) is 2.64. The Morgan fingerprint density at radius 3 is 2.30 bits per heavy atom. The van der Waals surface area contributed by atoms with Crippen LogP contribution in [0.1, 0.15) is 58.9 Å². The lowest BCUT2D eigenvalue weighted by Crippen LogP contribution is -2.43. The van der Waals surface area contributed by atoms with Gasteiger partial charge in [0, 0.05) is 12.1 Å². The van der Waals surface area contributed by atoms with Crippen molar-refractivity contribution in [1.29, 1.82) is 0 Å². The molecule has 2 unspecified atom stereocenters. The van der Waals surface area contributed by atoms with Gasteiger partial charge in [-0.1, -0.05) is 25.5 Å². The summed E-state index contributed by atoms with van der Waals surface area (Å²) < 4.78 is 17.3. The summed E-state index contributed by atoms with van der Waals surface area (Å²) in [4.78, 5) is 9.60. The summed E-state index contributed by atoms with van der Waals surface area (Å²) in [6.45, 7) is 8.15. The second-order valence-electron chi connectivity index (χ2n) is 7.06. The van der Waals surface area contributed by atoms with E-state index in [0.29, 0.717) is 18.6 Å². The molecule has 0 saturated carbocycles. The zero-order valence-corrected chi connectivity index (χ0v) is 14.8. The molecule has 3 nitrogen and oxygen atoms in total. The van der Waals surface area contributed by atoms with Crippen molar-refractivity contribution in [3.63, 3.8) is 0 Å². The molecule has 0 radical (unpaired) electrons. The van der Waals surface area contributed by atoms with E-state index in [2.05, 4.69) is 17.0 Å². The topological polar surface area (TPSA) is 38.3 Å². The normalized spacial score (nSPS) is 21.1. The van der Waals surface area contributed by atoms with Crippen LogP contribution in [0.3, 0.4) is 0 Å².